The standard InChI is InChI=1S/C16H24F4O6S/c1-3-14(7-5-4-6-8-14)26-13(21)12(2)11-25-10-9-15(17,18)16(19,20)27(22,23)24/h2-11H2,1H3,(H,22,23,24)/p-1. The molecule has 0 aromatic heterocycles. The highest BCUT2D eigenvalue weighted by molar-refractivity contribution is 7.86. The molecule has 1 fully saturated rings. The normalized spacial score (nSPS) is 18.1. The van der Waals surface area contributed by atoms with Crippen molar-refractivity contribution in [2.45, 2.75) is 68.6 Å². The summed E-state index contributed by atoms with van der Waals surface area (Å²) in [6.45, 7) is 3.74. The highest BCUT2D eigenvalue weighted by atomic mass is 32.2. The van der Waals surface area contributed by atoms with Gasteiger partial charge in [0.15, 0.2) is 10.1 Å². The third-order valence-electron chi connectivity index (χ3n) is 4.58. The van der Waals surface area contributed by atoms with Gasteiger partial charge >= 0.3 is 17.1 Å². The molecule has 0 aromatic rings. The summed E-state index contributed by atoms with van der Waals surface area (Å²) < 4.78 is 93.5. The molecule has 0 aromatic carbocycles. The molecule has 0 atom stereocenters. The molecule has 0 amide bonds. The highest BCUT2D eigenvalue weighted by Gasteiger charge is 2.61. The minimum atomic E-state index is -6.53. The molecule has 0 spiro atoms. The molecule has 6 nitrogen and oxygen atoms in total. The van der Waals surface area contributed by atoms with E-state index in [1.807, 2.05) is 6.92 Å². The van der Waals surface area contributed by atoms with Gasteiger partial charge < -0.3 is 14.0 Å². The van der Waals surface area contributed by atoms with Gasteiger partial charge in [0.05, 0.1) is 18.8 Å². The van der Waals surface area contributed by atoms with Gasteiger partial charge in [-0.25, -0.2) is 13.2 Å². The zero-order valence-electron chi connectivity index (χ0n) is 14.9. The van der Waals surface area contributed by atoms with Crippen molar-refractivity contribution in [3.63, 3.8) is 0 Å². The largest absolute Gasteiger partial charge is 0.743 e. The molecule has 0 aliphatic heterocycles. The van der Waals surface area contributed by atoms with E-state index in [9.17, 15) is 35.3 Å². The van der Waals surface area contributed by atoms with Gasteiger partial charge in [0.25, 0.3) is 0 Å². The third-order valence-corrected chi connectivity index (χ3v) is 5.51. The summed E-state index contributed by atoms with van der Waals surface area (Å²) in [6.07, 6.45) is 3.16. The molecule has 0 unspecified atom stereocenters. The smallest absolute Gasteiger partial charge is 0.396 e. The highest BCUT2D eigenvalue weighted by Crippen LogP contribution is 2.40. The van der Waals surface area contributed by atoms with E-state index in [1.165, 1.54) is 0 Å². The summed E-state index contributed by atoms with van der Waals surface area (Å²) in [7, 11) is -6.53. The van der Waals surface area contributed by atoms with Crippen LogP contribution in [0.15, 0.2) is 12.2 Å². The molecule has 0 saturated heterocycles. The maximum Gasteiger partial charge on any atom is 0.396 e. The number of esters is 1. The molecule has 0 N–H and O–H groups in total. The van der Waals surface area contributed by atoms with Crippen LogP contribution < -0.4 is 0 Å². The first-order chi connectivity index (χ1) is 12.3. The van der Waals surface area contributed by atoms with E-state index in [0.29, 0.717) is 19.3 Å². The van der Waals surface area contributed by atoms with Crippen molar-refractivity contribution >= 4 is 16.1 Å². The molecule has 1 aliphatic carbocycles. The predicted octanol–water partition coefficient (Wildman–Crippen LogP) is 3.38. The zero-order chi connectivity index (χ0) is 20.9. The molecule has 0 heterocycles. The Kier molecular flexibility index (Phi) is 7.83. The van der Waals surface area contributed by atoms with Crippen LogP contribution in [0.4, 0.5) is 17.6 Å². The topological polar surface area (TPSA) is 92.7 Å². The van der Waals surface area contributed by atoms with E-state index < -0.39 is 52.5 Å². The van der Waals surface area contributed by atoms with Crippen molar-refractivity contribution in [1.29, 1.82) is 0 Å². The molecule has 1 aliphatic rings. The van der Waals surface area contributed by atoms with Crippen molar-refractivity contribution in [2.24, 2.45) is 0 Å². The molecule has 0 radical (unpaired) electrons. The van der Waals surface area contributed by atoms with Gasteiger partial charge in [-0.1, -0.05) is 19.9 Å². The average Bonchev–Trinajstić information content (AvgIpc) is 2.58. The van der Waals surface area contributed by atoms with Crippen LogP contribution in [0.5, 0.6) is 0 Å². The number of carbonyl (C=O) groups excluding carboxylic acids is 1. The van der Waals surface area contributed by atoms with E-state index in [-0.39, 0.29) is 5.57 Å². The first-order valence-corrected chi connectivity index (χ1v) is 9.89. The number of alkyl halides is 4. The number of carbonyl (C=O) groups is 1. The number of rotatable bonds is 10. The van der Waals surface area contributed by atoms with Crippen molar-refractivity contribution < 1.29 is 44.8 Å². The Bertz CT molecular complexity index is 641. The van der Waals surface area contributed by atoms with Crippen LogP contribution in [-0.2, 0) is 24.4 Å². The van der Waals surface area contributed by atoms with E-state index in [4.69, 9.17) is 9.47 Å². The number of halogens is 4. The summed E-state index contributed by atoms with van der Waals surface area (Å²) in [5, 5.41) is -5.76. The van der Waals surface area contributed by atoms with Crippen LogP contribution >= 0.6 is 0 Å². The summed E-state index contributed by atoms with van der Waals surface area (Å²) in [5.41, 5.74) is -0.782. The lowest BCUT2D eigenvalue weighted by Crippen LogP contribution is -2.47. The fourth-order valence-corrected chi connectivity index (χ4v) is 3.24. The lowest BCUT2D eigenvalue weighted by atomic mass is 9.82. The summed E-state index contributed by atoms with van der Waals surface area (Å²) in [6, 6.07) is 0. The van der Waals surface area contributed by atoms with E-state index in [1.54, 1.807) is 0 Å². The third kappa shape index (κ3) is 5.89. The Balaban J connectivity index is 2.49. The fourth-order valence-electron chi connectivity index (χ4n) is 2.78. The van der Waals surface area contributed by atoms with Crippen LogP contribution in [-0.4, -0.2) is 48.9 Å². The second kappa shape index (κ2) is 8.87. The molecular formula is C16H23F4O6S-. The second-order valence-corrected chi connectivity index (χ2v) is 7.99. The Labute approximate surface area is 155 Å². The van der Waals surface area contributed by atoms with Crippen LogP contribution in [0.1, 0.15) is 51.9 Å². The maximum atomic E-state index is 13.3. The second-order valence-electron chi connectivity index (χ2n) is 6.57. The SMILES string of the molecule is C=C(COCCC(F)(F)C(F)(F)S(=O)(=O)[O-])C(=O)OC1(CC)CCCCC1. The summed E-state index contributed by atoms with van der Waals surface area (Å²) in [4.78, 5) is 12.1. The van der Waals surface area contributed by atoms with Crippen LogP contribution in [0.3, 0.4) is 0 Å². The minimum absolute atomic E-state index is 0.181. The van der Waals surface area contributed by atoms with E-state index in [0.717, 1.165) is 19.3 Å². The van der Waals surface area contributed by atoms with E-state index in [2.05, 4.69) is 6.58 Å². The monoisotopic (exact) mass is 419 g/mol. The van der Waals surface area contributed by atoms with Gasteiger partial charge in [0, 0.05) is 6.42 Å². The first-order valence-electron chi connectivity index (χ1n) is 8.48. The average molecular weight is 419 g/mol. The predicted molar refractivity (Wildman–Crippen MR) is 86.4 cm³/mol. The van der Waals surface area contributed by atoms with Crippen LogP contribution in [0, 0.1) is 0 Å². The minimum Gasteiger partial charge on any atom is -0.743 e. The Hall–Kier alpha value is -1.20. The van der Waals surface area contributed by atoms with Gasteiger partial charge in [-0.05, 0) is 32.1 Å². The molecule has 0 bridgehead atoms. The fraction of sp³-hybridized carbons (Fsp3) is 0.812. The van der Waals surface area contributed by atoms with Gasteiger partial charge in [0.1, 0.15) is 5.60 Å². The lowest BCUT2D eigenvalue weighted by Gasteiger charge is -2.36. The molecule has 158 valence electrons. The van der Waals surface area contributed by atoms with Gasteiger partial charge in [-0.2, -0.15) is 17.6 Å². The number of ether oxygens (including phenoxy) is 2. The summed E-state index contributed by atoms with van der Waals surface area (Å²) in [5.74, 6) is -5.87. The van der Waals surface area contributed by atoms with Gasteiger partial charge in [-0.3, -0.25) is 0 Å². The molecule has 27 heavy (non-hydrogen) atoms. The van der Waals surface area contributed by atoms with Crippen molar-refractivity contribution in [3.8, 4) is 0 Å². The Morgan fingerprint density at radius 2 is 1.74 bits per heavy atom. The van der Waals surface area contributed by atoms with Gasteiger partial charge in [-0.15, -0.1) is 0 Å². The van der Waals surface area contributed by atoms with Crippen molar-refractivity contribution in [3.05, 3.63) is 12.2 Å². The lowest BCUT2D eigenvalue weighted by molar-refractivity contribution is -0.171. The van der Waals surface area contributed by atoms with Crippen molar-refractivity contribution in [2.75, 3.05) is 13.2 Å². The number of hydrogen-bond donors (Lipinski definition) is 0. The maximum absolute atomic E-state index is 13.3. The van der Waals surface area contributed by atoms with Crippen LogP contribution in [0.25, 0.3) is 0 Å². The van der Waals surface area contributed by atoms with E-state index >= 15 is 0 Å². The first kappa shape index (κ1) is 23.8. The van der Waals surface area contributed by atoms with Crippen LogP contribution in [0.2, 0.25) is 0 Å². The molecule has 11 heteroatoms. The quantitative estimate of drug-likeness (QED) is 0.177. The molecular weight excluding hydrogens is 396 g/mol. The summed E-state index contributed by atoms with van der Waals surface area (Å²) >= 11 is 0. The molecule has 1 rings (SSSR count). The number of hydrogen-bond acceptors (Lipinski definition) is 6. The van der Waals surface area contributed by atoms with Gasteiger partial charge in [0.2, 0.25) is 0 Å². The molecule has 1 saturated carbocycles. The van der Waals surface area contributed by atoms with Crippen molar-refractivity contribution in [1.82, 2.24) is 0 Å². The Morgan fingerprint density at radius 3 is 2.22 bits per heavy atom. The Morgan fingerprint density at radius 1 is 1.19 bits per heavy atom. The zero-order valence-corrected chi connectivity index (χ0v) is 15.8.